The van der Waals surface area contributed by atoms with Gasteiger partial charge in [0.25, 0.3) is 0 Å². The number of aldehydes is 1. The van der Waals surface area contributed by atoms with Crippen LogP contribution in [0.5, 0.6) is 0 Å². The van der Waals surface area contributed by atoms with Crippen LogP contribution >= 0.6 is 0 Å². The fourth-order valence-electron chi connectivity index (χ4n) is 2.13. The number of rotatable bonds is 2. The average molecular weight is 188 g/mol. The highest BCUT2D eigenvalue weighted by molar-refractivity contribution is 6.26. The van der Waals surface area contributed by atoms with Gasteiger partial charge in [-0.25, -0.2) is 0 Å². The molecule has 0 N–H and O–H groups in total. The van der Waals surface area contributed by atoms with E-state index < -0.39 is 0 Å². The molecular formula is C12H12O2. The van der Waals surface area contributed by atoms with E-state index in [4.69, 9.17) is 0 Å². The highest BCUT2D eigenvalue weighted by atomic mass is 16.2. The molecule has 0 spiro atoms. The van der Waals surface area contributed by atoms with Gasteiger partial charge in [0, 0.05) is 5.92 Å². The summed E-state index contributed by atoms with van der Waals surface area (Å²) in [6, 6.07) is 6.09. The quantitative estimate of drug-likeness (QED) is 0.520. The summed E-state index contributed by atoms with van der Waals surface area (Å²) in [5.74, 6) is -0.371. The molecule has 2 nitrogen and oxygen atoms in total. The minimum Gasteiger partial charge on any atom is -0.295 e. The number of hydrogen-bond donors (Lipinski definition) is 0. The first-order valence-corrected chi connectivity index (χ1v) is 4.78. The SMILES string of the molecule is Cc1cccc2c1CC(C(=O)C=O)C2. The van der Waals surface area contributed by atoms with Crippen molar-refractivity contribution in [1.29, 1.82) is 0 Å². The second kappa shape index (κ2) is 3.37. The Morgan fingerprint density at radius 3 is 2.86 bits per heavy atom. The Bertz CT molecular complexity index is 393. The highest BCUT2D eigenvalue weighted by Crippen LogP contribution is 2.29. The second-order valence-electron chi connectivity index (χ2n) is 3.84. The lowest BCUT2D eigenvalue weighted by molar-refractivity contribution is -0.132. The third-order valence-corrected chi connectivity index (χ3v) is 2.94. The van der Waals surface area contributed by atoms with Crippen molar-refractivity contribution in [2.45, 2.75) is 19.8 Å². The van der Waals surface area contributed by atoms with Gasteiger partial charge in [-0.3, -0.25) is 9.59 Å². The van der Waals surface area contributed by atoms with Crippen molar-refractivity contribution in [2.24, 2.45) is 5.92 Å². The van der Waals surface area contributed by atoms with Gasteiger partial charge < -0.3 is 0 Å². The number of fused-ring (bicyclic) bond motifs is 1. The van der Waals surface area contributed by atoms with Gasteiger partial charge in [-0.05, 0) is 36.5 Å². The topological polar surface area (TPSA) is 34.1 Å². The molecule has 0 aromatic heterocycles. The molecule has 1 aliphatic carbocycles. The van der Waals surface area contributed by atoms with Crippen molar-refractivity contribution in [3.63, 3.8) is 0 Å². The van der Waals surface area contributed by atoms with E-state index >= 15 is 0 Å². The van der Waals surface area contributed by atoms with Crippen LogP contribution in [0.15, 0.2) is 18.2 Å². The van der Waals surface area contributed by atoms with Crippen molar-refractivity contribution < 1.29 is 9.59 Å². The van der Waals surface area contributed by atoms with Gasteiger partial charge in [0.2, 0.25) is 0 Å². The van der Waals surface area contributed by atoms with Crippen molar-refractivity contribution in [3.05, 3.63) is 34.9 Å². The molecule has 14 heavy (non-hydrogen) atoms. The smallest absolute Gasteiger partial charge is 0.198 e. The summed E-state index contributed by atoms with van der Waals surface area (Å²) in [7, 11) is 0. The van der Waals surface area contributed by atoms with E-state index in [1.807, 2.05) is 25.1 Å². The third kappa shape index (κ3) is 1.37. The van der Waals surface area contributed by atoms with Gasteiger partial charge >= 0.3 is 0 Å². The van der Waals surface area contributed by atoms with Crippen LogP contribution in [0.1, 0.15) is 16.7 Å². The molecule has 0 fully saturated rings. The van der Waals surface area contributed by atoms with E-state index in [1.165, 1.54) is 16.7 Å². The summed E-state index contributed by atoms with van der Waals surface area (Å²) < 4.78 is 0. The minimum absolute atomic E-state index is 0.108. The molecule has 0 saturated heterocycles. The van der Waals surface area contributed by atoms with Gasteiger partial charge in [-0.15, -0.1) is 0 Å². The van der Waals surface area contributed by atoms with E-state index in [2.05, 4.69) is 0 Å². The first-order valence-electron chi connectivity index (χ1n) is 4.78. The van der Waals surface area contributed by atoms with Crippen LogP contribution in [-0.4, -0.2) is 12.1 Å². The Morgan fingerprint density at radius 1 is 1.43 bits per heavy atom. The molecule has 2 rings (SSSR count). The molecule has 0 heterocycles. The van der Waals surface area contributed by atoms with E-state index in [0.29, 0.717) is 6.29 Å². The molecule has 0 saturated carbocycles. The van der Waals surface area contributed by atoms with Crippen LogP contribution in [0.2, 0.25) is 0 Å². The molecule has 72 valence electrons. The summed E-state index contributed by atoms with van der Waals surface area (Å²) in [6.07, 6.45) is 1.92. The second-order valence-corrected chi connectivity index (χ2v) is 3.84. The summed E-state index contributed by atoms with van der Waals surface area (Å²) in [6.45, 7) is 2.05. The average Bonchev–Trinajstić information content (AvgIpc) is 2.62. The highest BCUT2D eigenvalue weighted by Gasteiger charge is 2.27. The van der Waals surface area contributed by atoms with Crippen LogP contribution in [0.4, 0.5) is 0 Å². The van der Waals surface area contributed by atoms with Gasteiger partial charge in [0.1, 0.15) is 0 Å². The van der Waals surface area contributed by atoms with Crippen LogP contribution in [0.25, 0.3) is 0 Å². The van der Waals surface area contributed by atoms with Crippen LogP contribution in [-0.2, 0) is 22.4 Å². The number of carbonyl (C=O) groups is 2. The predicted molar refractivity (Wildman–Crippen MR) is 53.1 cm³/mol. The number of Topliss-reactive ketones (excluding diaryl/α,β-unsaturated/α-hetero) is 1. The lowest BCUT2D eigenvalue weighted by Gasteiger charge is -2.01. The molecule has 0 aliphatic heterocycles. The van der Waals surface area contributed by atoms with Gasteiger partial charge in [-0.2, -0.15) is 0 Å². The molecular weight excluding hydrogens is 176 g/mol. The zero-order valence-corrected chi connectivity index (χ0v) is 8.12. The van der Waals surface area contributed by atoms with Crippen molar-refractivity contribution >= 4 is 12.1 Å². The van der Waals surface area contributed by atoms with Gasteiger partial charge in [-0.1, -0.05) is 18.2 Å². The lowest BCUT2D eigenvalue weighted by atomic mass is 10.0. The molecule has 0 bridgehead atoms. The standard InChI is InChI=1S/C12H12O2/c1-8-3-2-4-9-5-10(6-11(8)9)12(14)7-13/h2-4,7,10H,5-6H2,1H3. The Kier molecular flexibility index (Phi) is 2.20. The Labute approximate surface area is 82.9 Å². The first-order chi connectivity index (χ1) is 6.72. The maximum Gasteiger partial charge on any atom is 0.198 e. The number of aryl methyl sites for hydroxylation is 1. The van der Waals surface area contributed by atoms with Gasteiger partial charge in [0.05, 0.1) is 0 Å². The van der Waals surface area contributed by atoms with E-state index in [1.54, 1.807) is 0 Å². The van der Waals surface area contributed by atoms with E-state index in [-0.39, 0.29) is 11.7 Å². The van der Waals surface area contributed by atoms with Crippen molar-refractivity contribution in [1.82, 2.24) is 0 Å². The summed E-state index contributed by atoms with van der Waals surface area (Å²) >= 11 is 0. The molecule has 2 heteroatoms. The Morgan fingerprint density at radius 2 is 2.21 bits per heavy atom. The van der Waals surface area contributed by atoms with E-state index in [9.17, 15) is 9.59 Å². The molecule has 1 atom stereocenters. The Hall–Kier alpha value is -1.44. The zero-order chi connectivity index (χ0) is 10.1. The fraction of sp³-hybridized carbons (Fsp3) is 0.333. The number of ketones is 1. The van der Waals surface area contributed by atoms with Crippen LogP contribution in [0, 0.1) is 12.8 Å². The largest absolute Gasteiger partial charge is 0.295 e. The maximum absolute atomic E-state index is 11.2. The van der Waals surface area contributed by atoms with Crippen molar-refractivity contribution in [2.75, 3.05) is 0 Å². The summed E-state index contributed by atoms with van der Waals surface area (Å²) in [5, 5.41) is 0. The third-order valence-electron chi connectivity index (χ3n) is 2.94. The van der Waals surface area contributed by atoms with Gasteiger partial charge in [0.15, 0.2) is 12.1 Å². The molecule has 0 radical (unpaired) electrons. The molecule has 1 unspecified atom stereocenters. The molecule has 1 aromatic rings. The predicted octanol–water partition coefficient (Wildman–Crippen LogP) is 1.48. The summed E-state index contributed by atoms with van der Waals surface area (Å²) in [4.78, 5) is 21.6. The number of hydrogen-bond acceptors (Lipinski definition) is 2. The fourth-order valence-corrected chi connectivity index (χ4v) is 2.13. The molecule has 1 aromatic carbocycles. The lowest BCUT2D eigenvalue weighted by Crippen LogP contribution is -2.15. The van der Waals surface area contributed by atoms with E-state index in [0.717, 1.165) is 12.8 Å². The normalized spacial score (nSPS) is 19.1. The monoisotopic (exact) mass is 188 g/mol. The molecule has 1 aliphatic rings. The minimum atomic E-state index is -0.263. The number of benzene rings is 1. The molecule has 0 amide bonds. The van der Waals surface area contributed by atoms with Crippen LogP contribution in [0.3, 0.4) is 0 Å². The summed E-state index contributed by atoms with van der Waals surface area (Å²) in [5.41, 5.74) is 3.71. The van der Waals surface area contributed by atoms with Crippen molar-refractivity contribution in [3.8, 4) is 0 Å². The first kappa shape index (κ1) is 9.13. The maximum atomic E-state index is 11.2. The Balaban J connectivity index is 2.30. The van der Waals surface area contributed by atoms with Crippen LogP contribution < -0.4 is 0 Å². The zero-order valence-electron chi connectivity index (χ0n) is 8.12. The number of carbonyl (C=O) groups excluding carboxylic acids is 2.